The third kappa shape index (κ3) is 3.10. The summed E-state index contributed by atoms with van der Waals surface area (Å²) in [5.74, 6) is -1.14. The highest BCUT2D eigenvalue weighted by Crippen LogP contribution is 2.25. The Kier molecular flexibility index (Phi) is 4.29. The van der Waals surface area contributed by atoms with Gasteiger partial charge >= 0.3 is 5.97 Å². The van der Waals surface area contributed by atoms with Crippen molar-refractivity contribution in [2.24, 2.45) is 5.92 Å². The van der Waals surface area contributed by atoms with Gasteiger partial charge in [-0.1, -0.05) is 0 Å². The third-order valence-electron chi connectivity index (χ3n) is 3.24. The van der Waals surface area contributed by atoms with Gasteiger partial charge in [0.1, 0.15) is 11.3 Å². The predicted octanol–water partition coefficient (Wildman–Crippen LogP) is 1.20. The van der Waals surface area contributed by atoms with Gasteiger partial charge in [-0.2, -0.15) is 0 Å². The molecule has 0 aromatic heterocycles. The summed E-state index contributed by atoms with van der Waals surface area (Å²) in [6, 6.07) is 3.88. The first-order valence-corrected chi connectivity index (χ1v) is 7.81. The molecule has 0 aliphatic carbocycles. The molecular weight excluding hydrogens is 284 g/mol. The molecule has 1 aromatic carbocycles. The maximum absolute atomic E-state index is 12.3. The molecule has 0 saturated carbocycles. The van der Waals surface area contributed by atoms with Gasteiger partial charge in [0.2, 0.25) is 0 Å². The van der Waals surface area contributed by atoms with Crippen LogP contribution in [0.4, 0.5) is 0 Å². The van der Waals surface area contributed by atoms with Crippen LogP contribution in [-0.2, 0) is 14.6 Å². The van der Waals surface area contributed by atoms with Crippen LogP contribution in [0.3, 0.4) is 0 Å². The summed E-state index contributed by atoms with van der Waals surface area (Å²) >= 11 is 0. The van der Waals surface area contributed by atoms with E-state index in [1.54, 1.807) is 0 Å². The molecule has 1 aromatic rings. The van der Waals surface area contributed by atoms with E-state index in [0.717, 1.165) is 6.07 Å². The largest absolute Gasteiger partial charge is 0.496 e. The average Bonchev–Trinajstić information content (AvgIpc) is 2.89. The van der Waals surface area contributed by atoms with Gasteiger partial charge in [0, 0.05) is 6.61 Å². The van der Waals surface area contributed by atoms with Gasteiger partial charge in [0.25, 0.3) is 0 Å². The number of ether oxygens (including phenoxy) is 2. The second kappa shape index (κ2) is 5.80. The van der Waals surface area contributed by atoms with Crippen molar-refractivity contribution in [3.63, 3.8) is 0 Å². The van der Waals surface area contributed by atoms with E-state index in [4.69, 9.17) is 14.6 Å². The Morgan fingerprint density at radius 1 is 1.50 bits per heavy atom. The smallest absolute Gasteiger partial charge is 0.339 e. The lowest BCUT2D eigenvalue weighted by Gasteiger charge is -2.11. The standard InChI is InChI=1S/C13H16O6S/c1-18-12-3-2-10(6-11(12)13(14)15)20(16,17)8-9-4-5-19-7-9/h2-3,6,9H,4-5,7-8H2,1H3,(H,14,15)/t9-/m0/s1. The zero-order valence-corrected chi connectivity index (χ0v) is 11.9. The molecule has 1 fully saturated rings. The fourth-order valence-electron chi connectivity index (χ4n) is 2.17. The van der Waals surface area contributed by atoms with Crippen LogP contribution in [0.15, 0.2) is 23.1 Å². The Bertz CT molecular complexity index is 601. The molecule has 1 aliphatic rings. The van der Waals surface area contributed by atoms with Crippen molar-refractivity contribution in [2.45, 2.75) is 11.3 Å². The number of rotatable bonds is 5. The molecular formula is C13H16O6S. The van der Waals surface area contributed by atoms with E-state index in [2.05, 4.69) is 0 Å². The van der Waals surface area contributed by atoms with Crippen molar-refractivity contribution in [3.8, 4) is 5.75 Å². The summed E-state index contributed by atoms with van der Waals surface area (Å²) in [5.41, 5.74) is -0.156. The molecule has 110 valence electrons. The Labute approximate surface area is 117 Å². The van der Waals surface area contributed by atoms with Crippen molar-refractivity contribution >= 4 is 15.8 Å². The SMILES string of the molecule is COc1ccc(S(=O)(=O)C[C@H]2CCOC2)cc1C(=O)O. The Morgan fingerprint density at radius 3 is 2.80 bits per heavy atom. The van der Waals surface area contributed by atoms with E-state index in [1.807, 2.05) is 0 Å². The number of methoxy groups -OCH3 is 1. The van der Waals surface area contributed by atoms with E-state index in [0.29, 0.717) is 19.6 Å². The lowest BCUT2D eigenvalue weighted by atomic mass is 10.2. The van der Waals surface area contributed by atoms with Gasteiger partial charge in [-0.3, -0.25) is 0 Å². The van der Waals surface area contributed by atoms with E-state index in [1.165, 1.54) is 19.2 Å². The van der Waals surface area contributed by atoms with Crippen LogP contribution >= 0.6 is 0 Å². The number of hydrogen-bond donors (Lipinski definition) is 1. The number of aromatic carboxylic acids is 1. The van der Waals surface area contributed by atoms with Crippen molar-refractivity contribution < 1.29 is 27.8 Å². The normalized spacial score (nSPS) is 18.9. The van der Waals surface area contributed by atoms with Crippen molar-refractivity contribution in [3.05, 3.63) is 23.8 Å². The molecule has 0 unspecified atom stereocenters. The minimum Gasteiger partial charge on any atom is -0.496 e. The van der Waals surface area contributed by atoms with Gasteiger partial charge in [0.05, 0.1) is 24.4 Å². The molecule has 0 amide bonds. The Balaban J connectivity index is 2.31. The molecule has 1 N–H and O–H groups in total. The van der Waals surface area contributed by atoms with Gasteiger partial charge in [0.15, 0.2) is 9.84 Å². The van der Waals surface area contributed by atoms with Crippen molar-refractivity contribution in [1.29, 1.82) is 0 Å². The molecule has 7 heteroatoms. The minimum atomic E-state index is -3.52. The molecule has 0 bridgehead atoms. The summed E-state index contributed by atoms with van der Waals surface area (Å²) < 4.78 is 34.6. The first kappa shape index (κ1) is 14.8. The molecule has 1 saturated heterocycles. The molecule has 20 heavy (non-hydrogen) atoms. The number of carboxylic acid groups (broad SMARTS) is 1. The average molecular weight is 300 g/mol. The molecule has 6 nitrogen and oxygen atoms in total. The summed E-state index contributed by atoms with van der Waals surface area (Å²) in [5, 5.41) is 9.08. The number of carbonyl (C=O) groups is 1. The number of sulfone groups is 1. The van der Waals surface area contributed by atoms with E-state index in [-0.39, 0.29) is 27.9 Å². The zero-order valence-electron chi connectivity index (χ0n) is 11.0. The van der Waals surface area contributed by atoms with Crippen LogP contribution in [0.5, 0.6) is 5.75 Å². The van der Waals surface area contributed by atoms with Crippen LogP contribution in [0.25, 0.3) is 0 Å². The topological polar surface area (TPSA) is 89.9 Å². The third-order valence-corrected chi connectivity index (χ3v) is 5.12. The Hall–Kier alpha value is -1.60. The van der Waals surface area contributed by atoms with E-state index in [9.17, 15) is 13.2 Å². The summed E-state index contributed by atoms with van der Waals surface area (Å²) in [6.45, 7) is 1.00. The van der Waals surface area contributed by atoms with E-state index >= 15 is 0 Å². The van der Waals surface area contributed by atoms with Gasteiger partial charge < -0.3 is 14.6 Å². The Morgan fingerprint density at radius 2 is 2.25 bits per heavy atom. The lowest BCUT2D eigenvalue weighted by molar-refractivity contribution is 0.0693. The zero-order chi connectivity index (χ0) is 14.8. The van der Waals surface area contributed by atoms with Crippen molar-refractivity contribution in [2.75, 3.05) is 26.1 Å². The molecule has 0 radical (unpaired) electrons. The fourth-order valence-corrected chi connectivity index (χ4v) is 3.82. The summed E-state index contributed by atoms with van der Waals surface area (Å²) in [6.07, 6.45) is 0.709. The highest BCUT2D eigenvalue weighted by atomic mass is 32.2. The number of benzene rings is 1. The maximum Gasteiger partial charge on any atom is 0.339 e. The molecule has 1 aliphatic heterocycles. The first-order valence-electron chi connectivity index (χ1n) is 6.16. The van der Waals surface area contributed by atoms with Crippen molar-refractivity contribution in [1.82, 2.24) is 0 Å². The van der Waals surface area contributed by atoms with Gasteiger partial charge in [-0.15, -0.1) is 0 Å². The monoisotopic (exact) mass is 300 g/mol. The second-order valence-electron chi connectivity index (χ2n) is 4.68. The molecule has 1 heterocycles. The van der Waals surface area contributed by atoms with Gasteiger partial charge in [-0.25, -0.2) is 13.2 Å². The first-order chi connectivity index (χ1) is 9.44. The van der Waals surface area contributed by atoms with Crippen LogP contribution in [-0.4, -0.2) is 45.6 Å². The van der Waals surface area contributed by atoms with Crippen LogP contribution < -0.4 is 4.74 Å². The predicted molar refractivity (Wildman–Crippen MR) is 70.9 cm³/mol. The number of carboxylic acids is 1. The molecule has 2 rings (SSSR count). The highest BCUT2D eigenvalue weighted by Gasteiger charge is 2.26. The fraction of sp³-hybridized carbons (Fsp3) is 0.462. The number of hydrogen-bond acceptors (Lipinski definition) is 5. The van der Waals surface area contributed by atoms with Crippen LogP contribution in [0.2, 0.25) is 0 Å². The molecule has 0 spiro atoms. The molecule has 1 atom stereocenters. The maximum atomic E-state index is 12.3. The quantitative estimate of drug-likeness (QED) is 0.879. The second-order valence-corrected chi connectivity index (χ2v) is 6.71. The summed E-state index contributed by atoms with van der Waals surface area (Å²) in [7, 11) is -2.18. The van der Waals surface area contributed by atoms with Gasteiger partial charge in [-0.05, 0) is 30.5 Å². The van der Waals surface area contributed by atoms with Crippen LogP contribution in [0.1, 0.15) is 16.8 Å². The van der Waals surface area contributed by atoms with Crippen LogP contribution in [0, 0.1) is 5.92 Å². The summed E-state index contributed by atoms with van der Waals surface area (Å²) in [4.78, 5) is 11.1. The highest BCUT2D eigenvalue weighted by molar-refractivity contribution is 7.91. The lowest BCUT2D eigenvalue weighted by Crippen LogP contribution is -2.17. The minimum absolute atomic E-state index is 0.00241. The van der Waals surface area contributed by atoms with E-state index < -0.39 is 15.8 Å².